The number of carbonyl (C=O) groups is 3. The van der Waals surface area contributed by atoms with Gasteiger partial charge in [0.1, 0.15) is 17.7 Å². The summed E-state index contributed by atoms with van der Waals surface area (Å²) in [5, 5.41) is 5.73. The van der Waals surface area contributed by atoms with Crippen molar-refractivity contribution in [1.82, 2.24) is 15.5 Å². The molecule has 0 saturated heterocycles. The SMILES string of the molecule is CSCCC(NC(=O)OC(C)(C)C)C(=O)N(C(C)C)C(C(=O)NC(C)C)c1ccc(C)cc1C. The lowest BCUT2D eigenvalue weighted by Gasteiger charge is -2.38. The van der Waals surface area contributed by atoms with Crippen LogP contribution >= 0.6 is 11.8 Å². The first-order chi connectivity index (χ1) is 15.7. The molecule has 8 heteroatoms. The van der Waals surface area contributed by atoms with Crippen molar-refractivity contribution < 1.29 is 19.1 Å². The van der Waals surface area contributed by atoms with Gasteiger partial charge in [-0.3, -0.25) is 9.59 Å². The van der Waals surface area contributed by atoms with Gasteiger partial charge in [0.25, 0.3) is 0 Å². The van der Waals surface area contributed by atoms with Crippen LogP contribution in [-0.4, -0.2) is 58.5 Å². The van der Waals surface area contributed by atoms with Crippen LogP contribution in [0.3, 0.4) is 0 Å². The third-order valence-electron chi connectivity index (χ3n) is 5.09. The number of nitrogens with zero attached hydrogens (tertiary/aromatic N) is 1. The number of nitrogens with one attached hydrogen (secondary N) is 2. The summed E-state index contributed by atoms with van der Waals surface area (Å²) in [4.78, 5) is 41.6. The largest absolute Gasteiger partial charge is 0.444 e. The summed E-state index contributed by atoms with van der Waals surface area (Å²) in [6, 6.07) is 3.86. The number of alkyl carbamates (subject to hydrolysis) is 1. The highest BCUT2D eigenvalue weighted by molar-refractivity contribution is 7.98. The van der Waals surface area contributed by atoms with Gasteiger partial charge in [-0.25, -0.2) is 4.79 Å². The molecule has 2 atom stereocenters. The molecular weight excluding hydrogens is 450 g/mol. The maximum absolute atomic E-state index is 13.9. The van der Waals surface area contributed by atoms with E-state index in [1.165, 1.54) is 0 Å². The molecule has 0 aromatic heterocycles. The van der Waals surface area contributed by atoms with Gasteiger partial charge in [-0.2, -0.15) is 11.8 Å². The lowest BCUT2D eigenvalue weighted by molar-refractivity contribution is -0.144. The molecule has 192 valence electrons. The van der Waals surface area contributed by atoms with Crippen molar-refractivity contribution in [3.05, 3.63) is 34.9 Å². The number of rotatable bonds is 10. The topological polar surface area (TPSA) is 87.7 Å². The Labute approximate surface area is 209 Å². The van der Waals surface area contributed by atoms with Crippen LogP contribution in [0.1, 0.15) is 77.6 Å². The fourth-order valence-electron chi connectivity index (χ4n) is 3.72. The first-order valence-electron chi connectivity index (χ1n) is 11.9. The van der Waals surface area contributed by atoms with Crippen LogP contribution in [0.5, 0.6) is 0 Å². The van der Waals surface area contributed by atoms with E-state index in [2.05, 4.69) is 10.6 Å². The van der Waals surface area contributed by atoms with Crippen LogP contribution < -0.4 is 10.6 Å². The molecule has 3 amide bonds. The van der Waals surface area contributed by atoms with Gasteiger partial charge in [-0.15, -0.1) is 0 Å². The Morgan fingerprint density at radius 2 is 1.68 bits per heavy atom. The third-order valence-corrected chi connectivity index (χ3v) is 5.73. The van der Waals surface area contributed by atoms with E-state index in [0.717, 1.165) is 16.7 Å². The number of aryl methyl sites for hydroxylation is 2. The van der Waals surface area contributed by atoms with Gasteiger partial charge < -0.3 is 20.3 Å². The second-order valence-electron chi connectivity index (χ2n) is 10.2. The summed E-state index contributed by atoms with van der Waals surface area (Å²) in [5.74, 6) is 0.119. The van der Waals surface area contributed by atoms with E-state index in [0.29, 0.717) is 12.2 Å². The van der Waals surface area contributed by atoms with Crippen molar-refractivity contribution >= 4 is 29.7 Å². The van der Waals surface area contributed by atoms with Crippen molar-refractivity contribution in [2.75, 3.05) is 12.0 Å². The number of thioether (sulfide) groups is 1. The molecule has 0 bridgehead atoms. The highest BCUT2D eigenvalue weighted by Crippen LogP contribution is 2.29. The lowest BCUT2D eigenvalue weighted by Crippen LogP contribution is -2.55. The van der Waals surface area contributed by atoms with Gasteiger partial charge in [0.05, 0.1) is 0 Å². The van der Waals surface area contributed by atoms with Gasteiger partial charge in [-0.05, 0) is 91.9 Å². The zero-order valence-electron chi connectivity index (χ0n) is 22.4. The molecule has 0 fully saturated rings. The molecule has 34 heavy (non-hydrogen) atoms. The number of ether oxygens (including phenoxy) is 1. The predicted molar refractivity (Wildman–Crippen MR) is 140 cm³/mol. The lowest BCUT2D eigenvalue weighted by atomic mass is 9.95. The molecule has 0 aliphatic heterocycles. The summed E-state index contributed by atoms with van der Waals surface area (Å²) in [5.41, 5.74) is 2.10. The number of amides is 3. The van der Waals surface area contributed by atoms with E-state index in [9.17, 15) is 14.4 Å². The summed E-state index contributed by atoms with van der Waals surface area (Å²) in [7, 11) is 0. The molecule has 0 saturated carbocycles. The Bertz CT molecular complexity index is 849. The molecule has 0 radical (unpaired) electrons. The first kappa shape index (κ1) is 29.8. The van der Waals surface area contributed by atoms with E-state index in [-0.39, 0.29) is 23.9 Å². The van der Waals surface area contributed by atoms with Crippen molar-refractivity contribution in [3.63, 3.8) is 0 Å². The first-order valence-corrected chi connectivity index (χ1v) is 13.3. The molecule has 1 aromatic carbocycles. The minimum atomic E-state index is -0.826. The Kier molecular flexibility index (Phi) is 11.4. The third kappa shape index (κ3) is 9.20. The van der Waals surface area contributed by atoms with E-state index in [4.69, 9.17) is 4.74 Å². The fraction of sp³-hybridized carbons (Fsp3) is 0.654. The minimum absolute atomic E-state index is 0.0861. The summed E-state index contributed by atoms with van der Waals surface area (Å²) >= 11 is 1.59. The average molecular weight is 494 g/mol. The van der Waals surface area contributed by atoms with Gasteiger partial charge in [0, 0.05) is 12.1 Å². The second-order valence-corrected chi connectivity index (χ2v) is 11.2. The van der Waals surface area contributed by atoms with Crippen LogP contribution in [0.25, 0.3) is 0 Å². The monoisotopic (exact) mass is 493 g/mol. The van der Waals surface area contributed by atoms with Gasteiger partial charge >= 0.3 is 6.09 Å². The van der Waals surface area contributed by atoms with Gasteiger partial charge in [0.15, 0.2) is 0 Å². The molecule has 0 aliphatic carbocycles. The normalized spacial score (nSPS) is 13.4. The Hall–Kier alpha value is -2.22. The van der Waals surface area contributed by atoms with E-state index < -0.39 is 23.8 Å². The van der Waals surface area contributed by atoms with Crippen LogP contribution in [0, 0.1) is 13.8 Å². The molecule has 7 nitrogen and oxygen atoms in total. The highest BCUT2D eigenvalue weighted by atomic mass is 32.2. The highest BCUT2D eigenvalue weighted by Gasteiger charge is 2.38. The minimum Gasteiger partial charge on any atom is -0.444 e. The number of benzene rings is 1. The van der Waals surface area contributed by atoms with Crippen LogP contribution in [0.15, 0.2) is 18.2 Å². The maximum atomic E-state index is 13.9. The predicted octanol–water partition coefficient (Wildman–Crippen LogP) is 4.75. The Morgan fingerprint density at radius 1 is 1.06 bits per heavy atom. The molecule has 0 aliphatic rings. The molecule has 1 rings (SSSR count). The second kappa shape index (κ2) is 13.0. The van der Waals surface area contributed by atoms with Crippen LogP contribution in [0.4, 0.5) is 4.79 Å². The zero-order chi connectivity index (χ0) is 26.2. The number of hydrogen-bond acceptors (Lipinski definition) is 5. The molecule has 2 unspecified atom stereocenters. The molecule has 2 N–H and O–H groups in total. The van der Waals surface area contributed by atoms with Crippen LogP contribution in [0.2, 0.25) is 0 Å². The van der Waals surface area contributed by atoms with Crippen LogP contribution in [-0.2, 0) is 14.3 Å². The molecular formula is C26H43N3O4S. The number of hydrogen-bond donors (Lipinski definition) is 2. The summed E-state index contributed by atoms with van der Waals surface area (Å²) in [6.45, 7) is 16.8. The summed E-state index contributed by atoms with van der Waals surface area (Å²) < 4.78 is 5.41. The summed E-state index contributed by atoms with van der Waals surface area (Å²) in [6.07, 6.45) is 1.72. The van der Waals surface area contributed by atoms with E-state index >= 15 is 0 Å². The molecule has 0 heterocycles. The Morgan fingerprint density at radius 3 is 2.15 bits per heavy atom. The standard InChI is InChI=1S/C26H43N3O4S/c1-16(2)27-23(30)22(20-12-11-18(5)15-19(20)6)29(17(3)4)24(31)21(13-14-34-10)28-25(32)33-26(7,8)9/h11-12,15-17,21-22H,13-14H2,1-10H3,(H,27,30)(H,28,32). The van der Waals surface area contributed by atoms with Crippen molar-refractivity contribution in [2.45, 2.75) is 98.5 Å². The quantitative estimate of drug-likeness (QED) is 0.491. The Balaban J connectivity index is 3.48. The smallest absolute Gasteiger partial charge is 0.408 e. The maximum Gasteiger partial charge on any atom is 0.408 e. The van der Waals surface area contributed by atoms with Gasteiger partial charge in [-0.1, -0.05) is 23.8 Å². The van der Waals surface area contributed by atoms with Gasteiger partial charge in [0.2, 0.25) is 11.8 Å². The van der Waals surface area contributed by atoms with E-state index in [1.54, 1.807) is 37.4 Å². The molecule has 0 spiro atoms. The number of carbonyl (C=O) groups excluding carboxylic acids is 3. The molecule has 1 aromatic rings. The van der Waals surface area contributed by atoms with Crippen molar-refractivity contribution in [3.8, 4) is 0 Å². The fourth-order valence-corrected chi connectivity index (χ4v) is 4.19. The van der Waals surface area contributed by atoms with Crippen molar-refractivity contribution in [1.29, 1.82) is 0 Å². The zero-order valence-corrected chi connectivity index (χ0v) is 23.3. The van der Waals surface area contributed by atoms with E-state index in [1.807, 2.05) is 66.0 Å². The van der Waals surface area contributed by atoms with Crippen molar-refractivity contribution in [2.24, 2.45) is 0 Å². The average Bonchev–Trinajstić information content (AvgIpc) is 2.67.